The van der Waals surface area contributed by atoms with Gasteiger partial charge in [-0.1, -0.05) is 6.92 Å². The number of rotatable bonds is 8. The van der Waals surface area contributed by atoms with Crippen molar-refractivity contribution in [3.8, 4) is 0 Å². The van der Waals surface area contributed by atoms with Gasteiger partial charge in [0, 0.05) is 24.3 Å². The Bertz CT molecular complexity index is 446. The summed E-state index contributed by atoms with van der Waals surface area (Å²) in [5.74, 6) is 2.27. The number of anilines is 1. The van der Waals surface area contributed by atoms with Gasteiger partial charge in [0.1, 0.15) is 15.7 Å². The maximum absolute atomic E-state index is 10.9. The first-order chi connectivity index (χ1) is 8.51. The standard InChI is InChI=1S/C11H19N3O2S2/c1-3-4-12-11-8-13-10(7-14-11)9-17-5-6-18(2,15)16/h7-8H,3-6,9H2,1-2H3,(H,12,14). The molecule has 1 N–H and O–H groups in total. The molecule has 1 heterocycles. The number of hydrogen-bond donors (Lipinski definition) is 1. The van der Waals surface area contributed by atoms with Crippen molar-refractivity contribution in [1.82, 2.24) is 9.97 Å². The molecule has 0 aliphatic rings. The first kappa shape index (κ1) is 15.2. The number of nitrogens with one attached hydrogen (secondary N) is 1. The molecule has 0 unspecified atom stereocenters. The molecule has 0 aliphatic heterocycles. The molecular formula is C11H19N3O2S2. The molecule has 0 saturated carbocycles. The molecule has 18 heavy (non-hydrogen) atoms. The van der Waals surface area contributed by atoms with Crippen LogP contribution in [0.15, 0.2) is 12.4 Å². The van der Waals surface area contributed by atoms with E-state index in [-0.39, 0.29) is 5.75 Å². The summed E-state index contributed by atoms with van der Waals surface area (Å²) in [5, 5.41) is 3.15. The molecule has 0 saturated heterocycles. The van der Waals surface area contributed by atoms with Crippen LogP contribution in [0.2, 0.25) is 0 Å². The van der Waals surface area contributed by atoms with Gasteiger partial charge in [0.15, 0.2) is 0 Å². The molecule has 7 heteroatoms. The van der Waals surface area contributed by atoms with Crippen molar-refractivity contribution in [2.75, 3.05) is 29.6 Å². The van der Waals surface area contributed by atoms with Crippen LogP contribution >= 0.6 is 11.8 Å². The minimum absolute atomic E-state index is 0.210. The maximum Gasteiger partial charge on any atom is 0.148 e. The van der Waals surface area contributed by atoms with Gasteiger partial charge in [-0.2, -0.15) is 11.8 Å². The van der Waals surface area contributed by atoms with Crippen LogP contribution in [-0.4, -0.2) is 42.7 Å². The average molecular weight is 289 g/mol. The zero-order valence-corrected chi connectivity index (χ0v) is 12.4. The van der Waals surface area contributed by atoms with Crippen LogP contribution in [0.4, 0.5) is 5.82 Å². The Morgan fingerprint density at radius 1 is 1.33 bits per heavy atom. The van der Waals surface area contributed by atoms with E-state index in [0.717, 1.165) is 24.5 Å². The highest BCUT2D eigenvalue weighted by Crippen LogP contribution is 2.10. The van der Waals surface area contributed by atoms with Crippen molar-refractivity contribution in [2.45, 2.75) is 19.1 Å². The van der Waals surface area contributed by atoms with Gasteiger partial charge in [0.05, 0.1) is 23.8 Å². The van der Waals surface area contributed by atoms with Gasteiger partial charge in [0.2, 0.25) is 0 Å². The summed E-state index contributed by atoms with van der Waals surface area (Å²) in [6.07, 6.45) is 5.74. The summed E-state index contributed by atoms with van der Waals surface area (Å²) in [4.78, 5) is 8.51. The zero-order chi connectivity index (χ0) is 13.4. The average Bonchev–Trinajstić information content (AvgIpc) is 2.32. The Morgan fingerprint density at radius 2 is 2.11 bits per heavy atom. The number of sulfone groups is 1. The van der Waals surface area contributed by atoms with E-state index in [1.807, 2.05) is 0 Å². The summed E-state index contributed by atoms with van der Waals surface area (Å²) in [6, 6.07) is 0. The fourth-order valence-electron chi connectivity index (χ4n) is 1.16. The second kappa shape index (κ2) is 7.58. The predicted octanol–water partition coefficient (Wildman–Crippen LogP) is 1.58. The Balaban J connectivity index is 2.31. The normalized spacial score (nSPS) is 11.4. The van der Waals surface area contributed by atoms with Gasteiger partial charge < -0.3 is 5.32 Å². The number of thioether (sulfide) groups is 1. The molecule has 0 fully saturated rings. The van der Waals surface area contributed by atoms with E-state index in [9.17, 15) is 8.42 Å². The topological polar surface area (TPSA) is 72.0 Å². The van der Waals surface area contributed by atoms with Crippen LogP contribution in [0, 0.1) is 0 Å². The van der Waals surface area contributed by atoms with Crippen LogP contribution in [-0.2, 0) is 15.6 Å². The molecule has 102 valence electrons. The minimum atomic E-state index is -2.86. The fraction of sp³-hybridized carbons (Fsp3) is 0.636. The smallest absolute Gasteiger partial charge is 0.148 e. The molecule has 0 atom stereocenters. The van der Waals surface area contributed by atoms with Gasteiger partial charge in [-0.05, 0) is 6.42 Å². The van der Waals surface area contributed by atoms with Gasteiger partial charge >= 0.3 is 0 Å². The van der Waals surface area contributed by atoms with Gasteiger partial charge in [-0.25, -0.2) is 13.4 Å². The third-order valence-electron chi connectivity index (χ3n) is 2.11. The zero-order valence-electron chi connectivity index (χ0n) is 10.7. The van der Waals surface area contributed by atoms with Gasteiger partial charge in [-0.3, -0.25) is 4.98 Å². The van der Waals surface area contributed by atoms with E-state index < -0.39 is 9.84 Å². The van der Waals surface area contributed by atoms with E-state index in [1.165, 1.54) is 6.26 Å². The van der Waals surface area contributed by atoms with Crippen molar-refractivity contribution in [3.05, 3.63) is 18.1 Å². The number of aromatic nitrogens is 2. The third kappa shape index (κ3) is 6.80. The first-order valence-corrected chi connectivity index (χ1v) is 9.03. The lowest BCUT2D eigenvalue weighted by Crippen LogP contribution is -2.05. The highest BCUT2D eigenvalue weighted by molar-refractivity contribution is 7.99. The molecule has 1 rings (SSSR count). The molecule has 5 nitrogen and oxygen atoms in total. The molecule has 1 aromatic heterocycles. The minimum Gasteiger partial charge on any atom is -0.369 e. The Hall–Kier alpha value is -0.820. The number of nitrogens with zero attached hydrogens (tertiary/aromatic N) is 2. The molecule has 0 spiro atoms. The molecule has 0 aliphatic carbocycles. The van der Waals surface area contributed by atoms with Crippen molar-refractivity contribution >= 4 is 27.4 Å². The molecule has 0 aromatic carbocycles. The summed E-state index contributed by atoms with van der Waals surface area (Å²) < 4.78 is 21.9. The predicted molar refractivity (Wildman–Crippen MR) is 76.7 cm³/mol. The monoisotopic (exact) mass is 289 g/mol. The quantitative estimate of drug-likeness (QED) is 0.733. The first-order valence-electron chi connectivity index (χ1n) is 5.81. The van der Waals surface area contributed by atoms with Crippen molar-refractivity contribution in [1.29, 1.82) is 0 Å². The van der Waals surface area contributed by atoms with Crippen molar-refractivity contribution < 1.29 is 8.42 Å². The van der Waals surface area contributed by atoms with Crippen molar-refractivity contribution in [2.24, 2.45) is 0 Å². The summed E-state index contributed by atoms with van der Waals surface area (Å²) in [6.45, 7) is 2.98. The van der Waals surface area contributed by atoms with Crippen LogP contribution in [0.3, 0.4) is 0 Å². The van der Waals surface area contributed by atoms with Crippen LogP contribution in [0.1, 0.15) is 19.0 Å². The summed E-state index contributed by atoms with van der Waals surface area (Å²) in [5.41, 5.74) is 0.871. The largest absolute Gasteiger partial charge is 0.369 e. The molecular weight excluding hydrogens is 270 g/mol. The second-order valence-electron chi connectivity index (χ2n) is 4.00. The molecule has 0 amide bonds. The van der Waals surface area contributed by atoms with E-state index >= 15 is 0 Å². The highest BCUT2D eigenvalue weighted by Gasteiger charge is 2.02. The van der Waals surface area contributed by atoms with Crippen LogP contribution in [0.25, 0.3) is 0 Å². The molecule has 0 bridgehead atoms. The fourth-order valence-corrected chi connectivity index (χ4v) is 3.35. The Kier molecular flexibility index (Phi) is 6.42. The van der Waals surface area contributed by atoms with Crippen molar-refractivity contribution in [3.63, 3.8) is 0 Å². The van der Waals surface area contributed by atoms with E-state index in [4.69, 9.17) is 0 Å². The molecule has 1 aromatic rings. The SMILES string of the molecule is CCCNc1cnc(CSCCS(C)(=O)=O)cn1. The molecule has 0 radical (unpaired) electrons. The highest BCUT2D eigenvalue weighted by atomic mass is 32.2. The maximum atomic E-state index is 10.9. The van der Waals surface area contributed by atoms with E-state index in [1.54, 1.807) is 24.2 Å². The van der Waals surface area contributed by atoms with Gasteiger partial charge in [-0.15, -0.1) is 0 Å². The van der Waals surface area contributed by atoms with Crippen LogP contribution < -0.4 is 5.32 Å². The lowest BCUT2D eigenvalue weighted by atomic mass is 10.4. The lowest BCUT2D eigenvalue weighted by molar-refractivity contribution is 0.603. The third-order valence-corrected chi connectivity index (χ3v) is 4.31. The number of hydrogen-bond acceptors (Lipinski definition) is 6. The van der Waals surface area contributed by atoms with Gasteiger partial charge in [0.25, 0.3) is 0 Å². The van der Waals surface area contributed by atoms with E-state index in [0.29, 0.717) is 11.5 Å². The Morgan fingerprint density at radius 3 is 2.67 bits per heavy atom. The summed E-state index contributed by atoms with van der Waals surface area (Å²) in [7, 11) is -2.86. The summed E-state index contributed by atoms with van der Waals surface area (Å²) >= 11 is 1.55. The Labute approximate surface area is 113 Å². The second-order valence-corrected chi connectivity index (χ2v) is 7.37. The lowest BCUT2D eigenvalue weighted by Gasteiger charge is -2.04. The van der Waals surface area contributed by atoms with Crippen LogP contribution in [0.5, 0.6) is 0 Å². The van der Waals surface area contributed by atoms with E-state index in [2.05, 4.69) is 22.2 Å².